The first-order chi connectivity index (χ1) is 5.83. The predicted molar refractivity (Wildman–Crippen MR) is 49.3 cm³/mol. The van der Waals surface area contributed by atoms with Crippen molar-refractivity contribution in [3.8, 4) is 0 Å². The molecule has 0 heterocycles. The van der Waals surface area contributed by atoms with E-state index in [2.05, 4.69) is 11.4 Å². The van der Waals surface area contributed by atoms with Gasteiger partial charge >= 0.3 is 0 Å². The maximum absolute atomic E-state index is 9.57. The Morgan fingerprint density at radius 2 is 2.33 bits per heavy atom. The molecule has 12 heavy (non-hydrogen) atoms. The Bertz CT molecular complexity index is 296. The third-order valence-corrected chi connectivity index (χ3v) is 2.51. The van der Waals surface area contributed by atoms with Crippen molar-refractivity contribution >= 4 is 5.69 Å². The zero-order chi connectivity index (χ0) is 8.55. The van der Waals surface area contributed by atoms with Gasteiger partial charge in [0.15, 0.2) is 0 Å². The molecule has 0 saturated carbocycles. The highest BCUT2D eigenvalue weighted by molar-refractivity contribution is 5.56. The van der Waals surface area contributed by atoms with Crippen molar-refractivity contribution in [2.75, 3.05) is 12.4 Å². The van der Waals surface area contributed by atoms with Crippen LogP contribution in [-0.4, -0.2) is 12.2 Å². The third-order valence-electron chi connectivity index (χ3n) is 2.51. The van der Waals surface area contributed by atoms with E-state index in [4.69, 9.17) is 0 Å². The molecule has 0 amide bonds. The molecule has 2 N–H and O–H groups in total. The van der Waals surface area contributed by atoms with Crippen molar-refractivity contribution < 1.29 is 5.11 Å². The molecule has 0 spiro atoms. The van der Waals surface area contributed by atoms with E-state index in [0.29, 0.717) is 0 Å². The Kier molecular flexibility index (Phi) is 1.77. The zero-order valence-electron chi connectivity index (χ0n) is 7.17. The smallest absolute Gasteiger partial charge is 0.0796 e. The number of nitrogens with one attached hydrogen (secondary N) is 1. The van der Waals surface area contributed by atoms with Gasteiger partial charge in [-0.2, -0.15) is 0 Å². The van der Waals surface area contributed by atoms with Crippen molar-refractivity contribution in [1.29, 1.82) is 0 Å². The minimum Gasteiger partial charge on any atom is -0.388 e. The molecule has 1 unspecified atom stereocenters. The molecular weight excluding hydrogens is 150 g/mol. The molecule has 0 saturated heterocycles. The summed E-state index contributed by atoms with van der Waals surface area (Å²) in [6.45, 7) is 0. The lowest BCUT2D eigenvalue weighted by Crippen LogP contribution is -1.95. The predicted octanol–water partition coefficient (Wildman–Crippen LogP) is 1.71. The van der Waals surface area contributed by atoms with Crippen LogP contribution >= 0.6 is 0 Å². The fraction of sp³-hybridized carbons (Fsp3) is 0.400. The highest BCUT2D eigenvalue weighted by Crippen LogP contribution is 2.35. The Hall–Kier alpha value is -1.02. The maximum atomic E-state index is 9.57. The van der Waals surface area contributed by atoms with Crippen LogP contribution in [0.5, 0.6) is 0 Å². The number of fused-ring (bicyclic) bond motifs is 1. The summed E-state index contributed by atoms with van der Waals surface area (Å²) in [6, 6.07) is 6.05. The first kappa shape index (κ1) is 7.62. The van der Waals surface area contributed by atoms with Crippen LogP contribution in [0.4, 0.5) is 5.69 Å². The highest BCUT2D eigenvalue weighted by atomic mass is 16.3. The van der Waals surface area contributed by atoms with Gasteiger partial charge in [-0.15, -0.1) is 0 Å². The molecule has 64 valence electrons. The average Bonchev–Trinajstić information content (AvgIpc) is 2.48. The van der Waals surface area contributed by atoms with E-state index in [1.54, 1.807) is 0 Å². The molecule has 0 bridgehead atoms. The molecule has 2 nitrogen and oxygen atoms in total. The van der Waals surface area contributed by atoms with Crippen LogP contribution in [0, 0.1) is 0 Å². The second-order valence-electron chi connectivity index (χ2n) is 3.18. The number of anilines is 1. The number of hydrogen-bond donors (Lipinski definition) is 2. The number of rotatable bonds is 1. The normalized spacial score (nSPS) is 20.7. The van der Waals surface area contributed by atoms with Crippen LogP contribution in [0.3, 0.4) is 0 Å². The lowest BCUT2D eigenvalue weighted by Gasteiger charge is -2.07. The fourth-order valence-corrected chi connectivity index (χ4v) is 1.87. The second kappa shape index (κ2) is 2.79. The van der Waals surface area contributed by atoms with Gasteiger partial charge in [0.2, 0.25) is 0 Å². The molecular formula is C10H13NO. The summed E-state index contributed by atoms with van der Waals surface area (Å²) in [7, 11) is 1.92. The summed E-state index contributed by atoms with van der Waals surface area (Å²) in [5, 5.41) is 12.7. The van der Waals surface area contributed by atoms with Crippen molar-refractivity contribution in [3.63, 3.8) is 0 Å². The lowest BCUT2D eigenvalue weighted by atomic mass is 10.1. The summed E-state index contributed by atoms with van der Waals surface area (Å²) in [5.74, 6) is 0. The summed E-state index contributed by atoms with van der Waals surface area (Å²) < 4.78 is 0. The van der Waals surface area contributed by atoms with E-state index in [1.165, 1.54) is 5.56 Å². The molecule has 2 rings (SSSR count). The van der Waals surface area contributed by atoms with Gasteiger partial charge in [-0.25, -0.2) is 0 Å². The Morgan fingerprint density at radius 3 is 3.08 bits per heavy atom. The third kappa shape index (κ3) is 0.994. The van der Waals surface area contributed by atoms with Crippen LogP contribution in [0.25, 0.3) is 0 Å². The number of benzene rings is 1. The fourth-order valence-electron chi connectivity index (χ4n) is 1.87. The van der Waals surface area contributed by atoms with Crippen molar-refractivity contribution in [2.24, 2.45) is 0 Å². The summed E-state index contributed by atoms with van der Waals surface area (Å²) in [6.07, 6.45) is 1.62. The average molecular weight is 163 g/mol. The van der Waals surface area contributed by atoms with E-state index in [-0.39, 0.29) is 6.10 Å². The first-order valence-electron chi connectivity index (χ1n) is 4.30. The van der Waals surface area contributed by atoms with E-state index < -0.39 is 0 Å². The number of aliphatic hydroxyl groups excluding tert-OH is 1. The quantitative estimate of drug-likeness (QED) is 0.660. The highest BCUT2D eigenvalue weighted by Gasteiger charge is 2.21. The largest absolute Gasteiger partial charge is 0.388 e. The molecule has 0 aliphatic heterocycles. The van der Waals surface area contributed by atoms with Gasteiger partial charge in [0.25, 0.3) is 0 Å². The summed E-state index contributed by atoms with van der Waals surface area (Å²) in [5.41, 5.74) is 3.54. The van der Waals surface area contributed by atoms with Crippen LogP contribution in [-0.2, 0) is 6.42 Å². The van der Waals surface area contributed by atoms with Gasteiger partial charge < -0.3 is 10.4 Å². The topological polar surface area (TPSA) is 32.3 Å². The Balaban J connectivity index is 2.50. The maximum Gasteiger partial charge on any atom is 0.0796 e. The van der Waals surface area contributed by atoms with E-state index in [0.717, 1.165) is 24.1 Å². The zero-order valence-corrected chi connectivity index (χ0v) is 7.17. The van der Waals surface area contributed by atoms with Crippen LogP contribution in [0.15, 0.2) is 18.2 Å². The van der Waals surface area contributed by atoms with Crippen molar-refractivity contribution in [2.45, 2.75) is 18.9 Å². The molecule has 1 atom stereocenters. The molecule has 1 aromatic rings. The van der Waals surface area contributed by atoms with E-state index in [9.17, 15) is 5.11 Å². The number of aliphatic hydroxyl groups is 1. The standard InChI is InChI=1S/C10H13NO/c1-11-9-4-2-3-8-7(9)5-6-10(8)12/h2-4,10-12H,5-6H2,1H3. The van der Waals surface area contributed by atoms with Gasteiger partial charge in [0.05, 0.1) is 6.10 Å². The molecule has 0 radical (unpaired) electrons. The molecule has 1 aliphatic rings. The van der Waals surface area contributed by atoms with Crippen molar-refractivity contribution in [3.05, 3.63) is 29.3 Å². The van der Waals surface area contributed by atoms with Crippen molar-refractivity contribution in [1.82, 2.24) is 0 Å². The lowest BCUT2D eigenvalue weighted by molar-refractivity contribution is 0.180. The minimum atomic E-state index is -0.242. The van der Waals surface area contributed by atoms with Gasteiger partial charge in [0, 0.05) is 12.7 Å². The Labute approximate surface area is 72.2 Å². The minimum absolute atomic E-state index is 0.242. The summed E-state index contributed by atoms with van der Waals surface area (Å²) in [4.78, 5) is 0. The van der Waals surface area contributed by atoms with E-state index >= 15 is 0 Å². The van der Waals surface area contributed by atoms with Crippen LogP contribution in [0.2, 0.25) is 0 Å². The van der Waals surface area contributed by atoms with Gasteiger partial charge in [-0.05, 0) is 30.0 Å². The second-order valence-corrected chi connectivity index (χ2v) is 3.18. The molecule has 0 fully saturated rings. The van der Waals surface area contributed by atoms with E-state index in [1.807, 2.05) is 19.2 Å². The molecule has 0 aromatic heterocycles. The van der Waals surface area contributed by atoms with Gasteiger partial charge in [-0.3, -0.25) is 0 Å². The monoisotopic (exact) mass is 163 g/mol. The first-order valence-corrected chi connectivity index (χ1v) is 4.30. The molecule has 2 heteroatoms. The molecule has 1 aromatic carbocycles. The molecule has 1 aliphatic carbocycles. The van der Waals surface area contributed by atoms with Gasteiger partial charge in [-0.1, -0.05) is 12.1 Å². The van der Waals surface area contributed by atoms with Crippen LogP contribution < -0.4 is 5.32 Å². The number of hydrogen-bond acceptors (Lipinski definition) is 2. The van der Waals surface area contributed by atoms with Crippen LogP contribution in [0.1, 0.15) is 23.7 Å². The SMILES string of the molecule is CNc1cccc2c1CCC2O. The van der Waals surface area contributed by atoms with Gasteiger partial charge in [0.1, 0.15) is 0 Å². The summed E-state index contributed by atoms with van der Waals surface area (Å²) >= 11 is 0. The Morgan fingerprint density at radius 1 is 1.50 bits per heavy atom.